The quantitative estimate of drug-likeness (QED) is 0.296. The minimum absolute atomic E-state index is 0.0126. The summed E-state index contributed by atoms with van der Waals surface area (Å²) in [5.41, 5.74) is 1.12. The third-order valence-electron chi connectivity index (χ3n) is 14.0. The third-order valence-corrected chi connectivity index (χ3v) is 14.0. The molecule has 0 heterocycles. The van der Waals surface area contributed by atoms with Gasteiger partial charge in [0, 0.05) is 0 Å². The molecule has 0 aromatic rings. The van der Waals surface area contributed by atoms with Gasteiger partial charge in [-0.1, -0.05) is 90.0 Å². The lowest BCUT2D eigenvalue weighted by Crippen LogP contribution is -2.45. The van der Waals surface area contributed by atoms with Gasteiger partial charge in [0.05, 0.1) is 18.3 Å². The highest BCUT2D eigenvalue weighted by Crippen LogP contribution is 2.68. The summed E-state index contributed by atoms with van der Waals surface area (Å²) in [4.78, 5) is 0. The molecule has 6 aliphatic rings. The number of hydrogen-bond donors (Lipinski definition) is 3. The van der Waals surface area contributed by atoms with Crippen LogP contribution < -0.4 is 0 Å². The van der Waals surface area contributed by atoms with Crippen LogP contribution in [0.3, 0.4) is 0 Å². The van der Waals surface area contributed by atoms with Crippen LogP contribution in [-0.4, -0.2) is 33.6 Å². The topological polar surface area (TPSA) is 60.7 Å². The van der Waals surface area contributed by atoms with Gasteiger partial charge in [0.25, 0.3) is 0 Å². The van der Waals surface area contributed by atoms with Crippen LogP contribution in [0.2, 0.25) is 0 Å². The Morgan fingerprint density at radius 1 is 0.488 bits per heavy atom. The van der Waals surface area contributed by atoms with Crippen LogP contribution >= 0.6 is 0 Å². The normalized spacial score (nSPS) is 50.6. The van der Waals surface area contributed by atoms with Crippen molar-refractivity contribution in [3.05, 3.63) is 0 Å². The van der Waals surface area contributed by atoms with Gasteiger partial charge in [-0.3, -0.25) is 0 Å². The summed E-state index contributed by atoms with van der Waals surface area (Å²) in [6, 6.07) is 0. The smallest absolute Gasteiger partial charge is 0.0608 e. The molecular weight excluding hydrogens is 504 g/mol. The summed E-state index contributed by atoms with van der Waals surface area (Å²) >= 11 is 0. The molecule has 0 radical (unpaired) electrons. The molecule has 6 saturated carbocycles. The Bertz CT molecular complexity index is 943. The molecule has 3 N–H and O–H groups in total. The number of aliphatic hydroxyl groups is 3. The van der Waals surface area contributed by atoms with E-state index in [1.54, 1.807) is 0 Å². The predicted molar refractivity (Wildman–Crippen MR) is 170 cm³/mol. The van der Waals surface area contributed by atoms with Gasteiger partial charge in [0.2, 0.25) is 0 Å². The van der Waals surface area contributed by atoms with E-state index in [-0.39, 0.29) is 29.1 Å². The molecular formula is C38H68O3. The highest BCUT2D eigenvalue weighted by molar-refractivity contribution is 5.15. The molecule has 6 fully saturated rings. The van der Waals surface area contributed by atoms with Crippen molar-refractivity contribution in [3.8, 4) is 0 Å². The van der Waals surface area contributed by atoms with Gasteiger partial charge in [0.15, 0.2) is 0 Å². The SMILES string of the molecule is CC(C)(C)C1CC2C3CC(C(O)C3C(C)(C)C)C2C1O.CC1C2C3CC(C(O)C3CC(C)(C)C)C2CC1C(C)(C)C. The number of hydrogen-bond acceptors (Lipinski definition) is 3. The lowest BCUT2D eigenvalue weighted by Gasteiger charge is -2.43. The third kappa shape index (κ3) is 5.41. The van der Waals surface area contributed by atoms with Gasteiger partial charge in [0.1, 0.15) is 0 Å². The average molecular weight is 573 g/mol. The van der Waals surface area contributed by atoms with E-state index < -0.39 is 0 Å². The molecule has 16 unspecified atom stereocenters. The van der Waals surface area contributed by atoms with Gasteiger partial charge in [-0.25, -0.2) is 0 Å². The van der Waals surface area contributed by atoms with Gasteiger partial charge in [-0.2, -0.15) is 0 Å². The lowest BCUT2D eigenvalue weighted by atomic mass is 9.64. The summed E-state index contributed by atoms with van der Waals surface area (Å²) in [5.74, 6) is 8.18. The summed E-state index contributed by atoms with van der Waals surface area (Å²) in [6.45, 7) is 30.3. The molecule has 0 spiro atoms. The molecule has 0 amide bonds. The summed E-state index contributed by atoms with van der Waals surface area (Å²) in [7, 11) is 0. The summed E-state index contributed by atoms with van der Waals surface area (Å²) < 4.78 is 0. The Morgan fingerprint density at radius 2 is 1.00 bits per heavy atom. The Labute approximate surface area is 254 Å². The van der Waals surface area contributed by atoms with Crippen molar-refractivity contribution in [1.82, 2.24) is 0 Å². The molecule has 3 heteroatoms. The Balaban J connectivity index is 0.000000165. The van der Waals surface area contributed by atoms with Crippen molar-refractivity contribution < 1.29 is 15.3 Å². The number of rotatable bonds is 1. The van der Waals surface area contributed by atoms with Gasteiger partial charge in [-0.15, -0.1) is 0 Å². The van der Waals surface area contributed by atoms with Crippen LogP contribution in [0.15, 0.2) is 0 Å². The predicted octanol–water partition coefficient (Wildman–Crippen LogP) is 8.30. The molecule has 238 valence electrons. The molecule has 0 aliphatic heterocycles. The summed E-state index contributed by atoms with van der Waals surface area (Å²) in [5, 5.41) is 32.4. The van der Waals surface area contributed by atoms with E-state index in [2.05, 4.69) is 90.0 Å². The van der Waals surface area contributed by atoms with Gasteiger partial charge >= 0.3 is 0 Å². The molecule has 0 saturated heterocycles. The fourth-order valence-corrected chi connectivity index (χ4v) is 12.8. The molecule has 3 nitrogen and oxygen atoms in total. The zero-order chi connectivity index (χ0) is 30.8. The Hall–Kier alpha value is -0.120. The van der Waals surface area contributed by atoms with E-state index in [0.29, 0.717) is 58.2 Å². The van der Waals surface area contributed by atoms with Crippen LogP contribution in [0.1, 0.15) is 122 Å². The van der Waals surface area contributed by atoms with Crippen LogP contribution in [-0.2, 0) is 0 Å². The van der Waals surface area contributed by atoms with E-state index in [1.165, 1.54) is 19.3 Å². The molecule has 4 bridgehead atoms. The first-order valence-corrected chi connectivity index (χ1v) is 17.6. The molecule has 16 atom stereocenters. The maximum absolute atomic E-state index is 10.9. The van der Waals surface area contributed by atoms with Gasteiger partial charge < -0.3 is 15.3 Å². The van der Waals surface area contributed by atoms with E-state index in [4.69, 9.17) is 0 Å². The fourth-order valence-electron chi connectivity index (χ4n) is 12.8. The van der Waals surface area contributed by atoms with Gasteiger partial charge in [-0.05, 0) is 131 Å². The maximum atomic E-state index is 10.9. The Morgan fingerprint density at radius 3 is 1.51 bits per heavy atom. The zero-order valence-corrected chi connectivity index (χ0v) is 29.1. The fraction of sp³-hybridized carbons (Fsp3) is 1.00. The van der Waals surface area contributed by atoms with Crippen LogP contribution in [0, 0.1) is 98.6 Å². The van der Waals surface area contributed by atoms with Crippen molar-refractivity contribution in [2.75, 3.05) is 0 Å². The first kappa shape index (κ1) is 32.3. The van der Waals surface area contributed by atoms with Crippen molar-refractivity contribution in [1.29, 1.82) is 0 Å². The second-order valence-corrected chi connectivity index (χ2v) is 20.7. The van der Waals surface area contributed by atoms with Crippen LogP contribution in [0.4, 0.5) is 0 Å². The van der Waals surface area contributed by atoms with Crippen molar-refractivity contribution in [2.24, 2.45) is 98.6 Å². The minimum Gasteiger partial charge on any atom is -0.393 e. The molecule has 6 rings (SSSR count). The van der Waals surface area contributed by atoms with Crippen molar-refractivity contribution >= 4 is 0 Å². The number of fused-ring (bicyclic) bond motifs is 10. The highest BCUT2D eigenvalue weighted by Gasteiger charge is 2.66. The molecule has 0 aromatic carbocycles. The van der Waals surface area contributed by atoms with Crippen molar-refractivity contribution in [2.45, 2.75) is 140 Å². The van der Waals surface area contributed by atoms with E-state index in [0.717, 1.165) is 42.4 Å². The molecule has 41 heavy (non-hydrogen) atoms. The maximum Gasteiger partial charge on any atom is 0.0608 e. The summed E-state index contributed by atoms with van der Waals surface area (Å²) in [6.07, 6.45) is 5.78. The van der Waals surface area contributed by atoms with Crippen LogP contribution in [0.25, 0.3) is 0 Å². The zero-order valence-electron chi connectivity index (χ0n) is 29.1. The van der Waals surface area contributed by atoms with Crippen LogP contribution in [0.5, 0.6) is 0 Å². The largest absolute Gasteiger partial charge is 0.393 e. The standard InChI is InChI=1S/C20H36O.C18H32O2/c1-11-16(20(5,6)7)9-13-14-8-12(17(11)13)15(18(14)21)10-19(2,3)4;1-17(2,3)12-8-9-10-7-11(13(9)16(12)20)15(19)14(10)18(4,5)6/h11-18,21H,8-10H2,1-7H3;9-16,19-20H,7-8H2,1-6H3. The van der Waals surface area contributed by atoms with E-state index >= 15 is 0 Å². The highest BCUT2D eigenvalue weighted by atomic mass is 16.3. The second kappa shape index (κ2) is 10.2. The average Bonchev–Trinajstić information content (AvgIpc) is 3.57. The van der Waals surface area contributed by atoms with E-state index in [1.807, 2.05) is 0 Å². The second-order valence-electron chi connectivity index (χ2n) is 20.7. The first-order valence-electron chi connectivity index (χ1n) is 17.6. The first-order chi connectivity index (χ1) is 18.5. The molecule has 0 aromatic heterocycles. The van der Waals surface area contributed by atoms with Crippen molar-refractivity contribution in [3.63, 3.8) is 0 Å². The number of aliphatic hydroxyl groups excluding tert-OH is 3. The minimum atomic E-state index is -0.203. The molecule has 6 aliphatic carbocycles. The van der Waals surface area contributed by atoms with E-state index in [9.17, 15) is 15.3 Å². The monoisotopic (exact) mass is 573 g/mol. The lowest BCUT2D eigenvalue weighted by molar-refractivity contribution is -0.0618. The Kier molecular flexibility index (Phi) is 8.03.